The molecule has 4 aromatic carbocycles. The van der Waals surface area contributed by atoms with Gasteiger partial charge in [-0.3, -0.25) is 9.59 Å². The molecular formula is C29H24N4O4. The summed E-state index contributed by atoms with van der Waals surface area (Å²) in [6.45, 7) is 0.345. The number of nitrogens with zero attached hydrogens (tertiary/aromatic N) is 1. The molecule has 8 nitrogen and oxygen atoms in total. The summed E-state index contributed by atoms with van der Waals surface area (Å²) in [5.41, 5.74) is 1.25. The predicted octanol–water partition coefficient (Wildman–Crippen LogP) is 4.29. The van der Waals surface area contributed by atoms with E-state index in [4.69, 9.17) is 0 Å². The monoisotopic (exact) mass is 492 g/mol. The van der Waals surface area contributed by atoms with Crippen LogP contribution in [0.5, 0.6) is 0 Å². The highest BCUT2D eigenvalue weighted by Crippen LogP contribution is 2.25. The zero-order valence-corrected chi connectivity index (χ0v) is 19.8. The smallest absolute Gasteiger partial charge is 0.326 e. The van der Waals surface area contributed by atoms with Crippen LogP contribution in [0.25, 0.3) is 10.8 Å². The SMILES string of the molecule is O=C(O)[C@H](Cc1ccc(Nc2nccc3ccccc23)cc1)Nc1c(NCc2ccccc2)c(=O)c1=O. The zero-order chi connectivity index (χ0) is 25.8. The summed E-state index contributed by atoms with van der Waals surface area (Å²) in [5, 5.41) is 20.9. The van der Waals surface area contributed by atoms with Crippen molar-refractivity contribution < 1.29 is 9.90 Å². The number of pyridine rings is 1. The molecule has 184 valence electrons. The summed E-state index contributed by atoms with van der Waals surface area (Å²) in [6.07, 6.45) is 1.87. The van der Waals surface area contributed by atoms with E-state index in [0.717, 1.165) is 33.4 Å². The average molecular weight is 493 g/mol. The number of fused-ring (bicyclic) bond motifs is 1. The summed E-state index contributed by atoms with van der Waals surface area (Å²) in [7, 11) is 0. The van der Waals surface area contributed by atoms with Crippen molar-refractivity contribution in [3.8, 4) is 0 Å². The van der Waals surface area contributed by atoms with E-state index in [0.29, 0.717) is 6.54 Å². The molecule has 0 saturated heterocycles. The summed E-state index contributed by atoms with van der Waals surface area (Å²) in [6, 6.07) is 25.5. The van der Waals surface area contributed by atoms with Crippen LogP contribution >= 0.6 is 0 Å². The quantitative estimate of drug-likeness (QED) is 0.213. The second-order valence-corrected chi connectivity index (χ2v) is 8.69. The van der Waals surface area contributed by atoms with Gasteiger partial charge in [0.15, 0.2) is 0 Å². The van der Waals surface area contributed by atoms with E-state index < -0.39 is 22.9 Å². The molecule has 4 N–H and O–H groups in total. The lowest BCUT2D eigenvalue weighted by molar-refractivity contribution is -0.137. The van der Waals surface area contributed by atoms with Gasteiger partial charge in [0.1, 0.15) is 23.2 Å². The number of aliphatic carboxylic acids is 1. The van der Waals surface area contributed by atoms with Crippen LogP contribution in [0.4, 0.5) is 22.9 Å². The van der Waals surface area contributed by atoms with E-state index in [9.17, 15) is 19.5 Å². The summed E-state index contributed by atoms with van der Waals surface area (Å²) in [4.78, 5) is 40.7. The number of benzene rings is 3. The van der Waals surface area contributed by atoms with Crippen LogP contribution in [-0.4, -0.2) is 22.1 Å². The third kappa shape index (κ3) is 5.18. The van der Waals surface area contributed by atoms with Crippen molar-refractivity contribution in [2.75, 3.05) is 16.0 Å². The van der Waals surface area contributed by atoms with Gasteiger partial charge in [-0.2, -0.15) is 0 Å². The highest BCUT2D eigenvalue weighted by atomic mass is 16.4. The standard InChI is InChI=1S/C29H24N4O4/c34-26-24(31-17-19-6-2-1-3-7-19)25(27(26)35)33-23(29(36)37)16-18-10-12-21(13-11-18)32-28-22-9-5-4-8-20(22)14-15-30-28/h1-15,23,31,33H,16-17H2,(H,30,32)(H,36,37)/t23-/m0/s1. The van der Waals surface area contributed by atoms with Crippen molar-refractivity contribution in [2.45, 2.75) is 19.0 Å². The molecule has 0 aliphatic carbocycles. The second kappa shape index (κ2) is 10.3. The molecule has 0 aliphatic rings. The maximum atomic E-state index is 12.2. The Morgan fingerprint density at radius 1 is 0.811 bits per heavy atom. The molecule has 0 fully saturated rings. The minimum absolute atomic E-state index is 0.00801. The fourth-order valence-corrected chi connectivity index (χ4v) is 4.17. The summed E-state index contributed by atoms with van der Waals surface area (Å²) >= 11 is 0. The van der Waals surface area contributed by atoms with Crippen LogP contribution in [0.2, 0.25) is 0 Å². The van der Waals surface area contributed by atoms with Gasteiger partial charge in [-0.25, -0.2) is 9.78 Å². The third-order valence-corrected chi connectivity index (χ3v) is 6.17. The largest absolute Gasteiger partial charge is 0.480 e. The van der Waals surface area contributed by atoms with Gasteiger partial charge in [-0.1, -0.05) is 66.7 Å². The van der Waals surface area contributed by atoms with Crippen molar-refractivity contribution in [3.63, 3.8) is 0 Å². The van der Waals surface area contributed by atoms with Gasteiger partial charge >= 0.3 is 5.97 Å². The van der Waals surface area contributed by atoms with Crippen LogP contribution < -0.4 is 26.8 Å². The lowest BCUT2D eigenvalue weighted by Gasteiger charge is -2.20. The highest BCUT2D eigenvalue weighted by Gasteiger charge is 2.26. The Morgan fingerprint density at radius 3 is 2.27 bits per heavy atom. The number of anilines is 4. The fourth-order valence-electron chi connectivity index (χ4n) is 4.17. The molecule has 5 rings (SSSR count). The van der Waals surface area contributed by atoms with Crippen LogP contribution in [0.15, 0.2) is 101 Å². The number of hydrogen-bond acceptors (Lipinski definition) is 7. The van der Waals surface area contributed by atoms with E-state index in [-0.39, 0.29) is 17.8 Å². The molecule has 5 aromatic rings. The van der Waals surface area contributed by atoms with E-state index >= 15 is 0 Å². The van der Waals surface area contributed by atoms with Crippen molar-refractivity contribution in [1.29, 1.82) is 0 Å². The van der Waals surface area contributed by atoms with Crippen molar-refractivity contribution in [2.24, 2.45) is 0 Å². The molecule has 0 spiro atoms. The van der Waals surface area contributed by atoms with E-state index in [1.807, 2.05) is 84.9 Å². The van der Waals surface area contributed by atoms with E-state index in [1.54, 1.807) is 6.20 Å². The Hall–Kier alpha value is -4.98. The van der Waals surface area contributed by atoms with Crippen molar-refractivity contribution in [3.05, 3.63) is 123 Å². The van der Waals surface area contributed by atoms with E-state index in [1.165, 1.54) is 0 Å². The van der Waals surface area contributed by atoms with Crippen LogP contribution in [0.1, 0.15) is 11.1 Å². The molecule has 8 heteroatoms. The van der Waals surface area contributed by atoms with Crippen molar-refractivity contribution >= 4 is 39.6 Å². The molecule has 1 heterocycles. The lowest BCUT2D eigenvalue weighted by atomic mass is 10.0. The minimum atomic E-state index is -1.12. The summed E-state index contributed by atoms with van der Waals surface area (Å²) in [5.74, 6) is -0.393. The molecule has 0 aliphatic heterocycles. The van der Waals surface area contributed by atoms with Gasteiger partial charge in [0, 0.05) is 30.2 Å². The van der Waals surface area contributed by atoms with Gasteiger partial charge in [-0.05, 0) is 34.7 Å². The normalized spacial score (nSPS) is 11.8. The Kier molecular flexibility index (Phi) is 6.63. The molecule has 37 heavy (non-hydrogen) atoms. The first-order valence-electron chi connectivity index (χ1n) is 11.8. The Labute approximate surface area is 212 Å². The molecule has 1 atom stereocenters. The Morgan fingerprint density at radius 2 is 1.51 bits per heavy atom. The average Bonchev–Trinajstić information content (AvgIpc) is 2.93. The molecule has 0 amide bonds. The maximum Gasteiger partial charge on any atom is 0.326 e. The fraction of sp³-hybridized carbons (Fsp3) is 0.103. The number of carboxylic acid groups (broad SMARTS) is 1. The van der Waals surface area contributed by atoms with Crippen molar-refractivity contribution in [1.82, 2.24) is 4.98 Å². The van der Waals surface area contributed by atoms with Crippen LogP contribution in [0.3, 0.4) is 0 Å². The lowest BCUT2D eigenvalue weighted by Crippen LogP contribution is -2.42. The third-order valence-electron chi connectivity index (χ3n) is 6.17. The number of carboxylic acids is 1. The Balaban J connectivity index is 1.27. The molecule has 0 radical (unpaired) electrons. The molecule has 0 saturated carbocycles. The van der Waals surface area contributed by atoms with Gasteiger partial charge < -0.3 is 21.1 Å². The number of rotatable bonds is 10. The predicted molar refractivity (Wildman–Crippen MR) is 145 cm³/mol. The highest BCUT2D eigenvalue weighted by molar-refractivity contribution is 5.93. The van der Waals surface area contributed by atoms with Gasteiger partial charge in [0.2, 0.25) is 0 Å². The molecule has 1 aromatic heterocycles. The number of hydrogen-bond donors (Lipinski definition) is 4. The molecular weight excluding hydrogens is 468 g/mol. The molecule has 0 bridgehead atoms. The first kappa shape index (κ1) is 23.7. The number of aromatic nitrogens is 1. The first-order valence-corrected chi connectivity index (χ1v) is 11.8. The number of nitrogens with one attached hydrogen (secondary N) is 3. The van der Waals surface area contributed by atoms with Crippen LogP contribution in [0, 0.1) is 0 Å². The number of carbonyl (C=O) groups is 1. The Bertz CT molecular complexity index is 1620. The van der Waals surface area contributed by atoms with Crippen LogP contribution in [-0.2, 0) is 17.8 Å². The van der Waals surface area contributed by atoms with E-state index in [2.05, 4.69) is 20.9 Å². The second-order valence-electron chi connectivity index (χ2n) is 8.69. The maximum absolute atomic E-state index is 12.2. The first-order chi connectivity index (χ1) is 18.0. The minimum Gasteiger partial charge on any atom is -0.480 e. The zero-order valence-electron chi connectivity index (χ0n) is 19.8. The van der Waals surface area contributed by atoms with Gasteiger partial charge in [0.05, 0.1) is 0 Å². The molecule has 0 unspecified atom stereocenters. The van der Waals surface area contributed by atoms with Gasteiger partial charge in [-0.15, -0.1) is 0 Å². The summed E-state index contributed by atoms with van der Waals surface area (Å²) < 4.78 is 0. The van der Waals surface area contributed by atoms with Gasteiger partial charge in [0.25, 0.3) is 10.9 Å². The topological polar surface area (TPSA) is 120 Å².